The molecule has 29 heavy (non-hydrogen) atoms. The topological polar surface area (TPSA) is 228 Å². The normalized spacial score (nSPS) is 13.6. The van der Waals surface area contributed by atoms with Crippen molar-refractivity contribution in [1.29, 1.82) is 0 Å². The van der Waals surface area contributed by atoms with Crippen LogP contribution in [0, 0.1) is 0 Å². The lowest BCUT2D eigenvalue weighted by Crippen LogP contribution is -2.51. The monoisotopic (exact) mass is 434 g/mol. The molecule has 0 saturated heterocycles. The summed E-state index contributed by atoms with van der Waals surface area (Å²) in [6, 6.07) is -2.65. The fourth-order valence-corrected chi connectivity index (χ4v) is 1.18. The van der Waals surface area contributed by atoms with E-state index in [2.05, 4.69) is 10.6 Å². The largest absolute Gasteiger partial charge is 0.490 e. The van der Waals surface area contributed by atoms with Crippen LogP contribution in [0.4, 0.5) is 13.2 Å². The smallest absolute Gasteiger partial charge is 0.480 e. The van der Waals surface area contributed by atoms with E-state index in [0.717, 1.165) is 0 Å². The second-order valence-corrected chi connectivity index (χ2v) is 5.20. The van der Waals surface area contributed by atoms with Crippen LogP contribution < -0.4 is 21.7 Å². The molecule has 0 bridgehead atoms. The number of nitrogens with one attached hydrogen (secondary N) is 3. The number of halogens is 3. The van der Waals surface area contributed by atoms with E-state index in [1.165, 1.54) is 6.92 Å². The highest BCUT2D eigenvalue weighted by atomic mass is 19.4. The number of hydrogen-bond acceptors (Lipinski definition) is 8. The van der Waals surface area contributed by atoms with E-state index in [4.69, 9.17) is 31.0 Å². The maximum atomic E-state index is 11.4. The van der Waals surface area contributed by atoms with Crippen molar-refractivity contribution in [3.63, 3.8) is 0 Å². The number of rotatable bonds is 9. The SMILES string of the molecule is CC(O)C(N)C(=O)NCC(=O)NCC(=O)N[C@@H](CO)C(=O)O.O=C(O)C(F)(F)F. The van der Waals surface area contributed by atoms with E-state index in [9.17, 15) is 32.3 Å². The highest BCUT2D eigenvalue weighted by molar-refractivity contribution is 5.90. The minimum atomic E-state index is -5.08. The second kappa shape index (κ2) is 13.2. The summed E-state index contributed by atoms with van der Waals surface area (Å²) < 4.78 is 31.7. The highest BCUT2D eigenvalue weighted by Crippen LogP contribution is 2.13. The Bertz CT molecular complexity index is 599. The number of carbonyl (C=O) groups is 5. The van der Waals surface area contributed by atoms with Gasteiger partial charge in [-0.1, -0.05) is 0 Å². The fourth-order valence-electron chi connectivity index (χ4n) is 1.18. The number of aliphatic hydroxyl groups is 2. The van der Waals surface area contributed by atoms with E-state index >= 15 is 0 Å². The first-order chi connectivity index (χ1) is 13.1. The Labute approximate surface area is 161 Å². The lowest BCUT2D eigenvalue weighted by molar-refractivity contribution is -0.192. The molecule has 0 heterocycles. The molecule has 2 unspecified atom stereocenters. The van der Waals surface area contributed by atoms with Crippen LogP contribution >= 0.6 is 0 Å². The first-order valence-electron chi connectivity index (χ1n) is 7.54. The van der Waals surface area contributed by atoms with Crippen LogP contribution in [0.1, 0.15) is 6.92 Å². The van der Waals surface area contributed by atoms with Crippen LogP contribution in [0.25, 0.3) is 0 Å². The minimum Gasteiger partial charge on any atom is -0.480 e. The van der Waals surface area contributed by atoms with Crippen LogP contribution in [-0.2, 0) is 24.0 Å². The zero-order chi connectivity index (χ0) is 23.4. The molecule has 0 aliphatic heterocycles. The third-order valence-electron chi connectivity index (χ3n) is 2.75. The van der Waals surface area contributed by atoms with Crippen molar-refractivity contribution < 1.29 is 57.6 Å². The number of aliphatic carboxylic acids is 2. The van der Waals surface area contributed by atoms with Crippen LogP contribution in [0.15, 0.2) is 0 Å². The molecule has 0 fully saturated rings. The lowest BCUT2D eigenvalue weighted by atomic mass is 10.2. The van der Waals surface area contributed by atoms with Crippen LogP contribution in [0.2, 0.25) is 0 Å². The molecule has 3 atom stereocenters. The quantitative estimate of drug-likeness (QED) is 0.176. The number of hydrogen-bond donors (Lipinski definition) is 8. The van der Waals surface area contributed by atoms with E-state index in [-0.39, 0.29) is 0 Å². The molecule has 0 aromatic carbocycles. The summed E-state index contributed by atoms with van der Waals surface area (Å²) in [5, 5.41) is 39.8. The van der Waals surface area contributed by atoms with Crippen molar-refractivity contribution in [2.45, 2.75) is 31.3 Å². The Morgan fingerprint density at radius 3 is 1.79 bits per heavy atom. The van der Waals surface area contributed by atoms with E-state index in [1.54, 1.807) is 0 Å². The number of nitrogens with two attached hydrogens (primary N) is 1. The van der Waals surface area contributed by atoms with E-state index in [1.807, 2.05) is 5.32 Å². The summed E-state index contributed by atoms with van der Waals surface area (Å²) in [7, 11) is 0. The molecule has 0 rings (SSSR count). The van der Waals surface area contributed by atoms with Gasteiger partial charge in [0.05, 0.1) is 25.8 Å². The van der Waals surface area contributed by atoms with Gasteiger partial charge in [-0.2, -0.15) is 13.2 Å². The molecule has 0 radical (unpaired) electrons. The Hall–Kier alpha value is -2.98. The number of carboxylic acids is 2. The van der Waals surface area contributed by atoms with Gasteiger partial charge in [0.2, 0.25) is 17.7 Å². The fraction of sp³-hybridized carbons (Fsp3) is 0.615. The molecule has 16 heteroatoms. The molecule has 13 nitrogen and oxygen atoms in total. The predicted octanol–water partition coefficient (Wildman–Crippen LogP) is -3.88. The summed E-state index contributed by atoms with van der Waals surface area (Å²) >= 11 is 0. The van der Waals surface area contributed by atoms with Crippen molar-refractivity contribution in [3.8, 4) is 0 Å². The second-order valence-electron chi connectivity index (χ2n) is 5.20. The van der Waals surface area contributed by atoms with Gasteiger partial charge in [0.1, 0.15) is 12.1 Å². The molecule has 0 aromatic rings. The van der Waals surface area contributed by atoms with Gasteiger partial charge < -0.3 is 42.1 Å². The van der Waals surface area contributed by atoms with Crippen molar-refractivity contribution in [3.05, 3.63) is 0 Å². The van der Waals surface area contributed by atoms with Crippen molar-refractivity contribution in [1.82, 2.24) is 16.0 Å². The highest BCUT2D eigenvalue weighted by Gasteiger charge is 2.38. The Kier molecular flexibility index (Phi) is 12.9. The third kappa shape index (κ3) is 13.8. The van der Waals surface area contributed by atoms with Gasteiger partial charge in [-0.25, -0.2) is 9.59 Å². The zero-order valence-corrected chi connectivity index (χ0v) is 14.9. The number of amides is 3. The molecule has 9 N–H and O–H groups in total. The summed E-state index contributed by atoms with van der Waals surface area (Å²) in [4.78, 5) is 53.5. The molecule has 0 aliphatic rings. The summed E-state index contributed by atoms with van der Waals surface area (Å²) in [5.41, 5.74) is 5.33. The molecule has 0 aromatic heterocycles. The first kappa shape index (κ1) is 28.2. The summed E-state index contributed by atoms with van der Waals surface area (Å²) in [6.45, 7) is -0.465. The minimum absolute atomic E-state index is 0.463. The van der Waals surface area contributed by atoms with Gasteiger partial charge in [-0.3, -0.25) is 14.4 Å². The predicted molar refractivity (Wildman–Crippen MR) is 86.0 cm³/mol. The van der Waals surface area contributed by atoms with Crippen molar-refractivity contribution in [2.24, 2.45) is 5.73 Å². The van der Waals surface area contributed by atoms with Gasteiger partial charge in [0.15, 0.2) is 0 Å². The molecule has 3 amide bonds. The number of aliphatic hydroxyl groups excluding tert-OH is 2. The Morgan fingerprint density at radius 2 is 1.45 bits per heavy atom. The van der Waals surface area contributed by atoms with Gasteiger partial charge >= 0.3 is 18.1 Å². The molecular formula is C13H21F3N4O9. The van der Waals surface area contributed by atoms with E-state index in [0.29, 0.717) is 0 Å². The number of alkyl halides is 3. The molecule has 0 aliphatic carbocycles. The first-order valence-corrected chi connectivity index (χ1v) is 7.54. The number of carboxylic acid groups (broad SMARTS) is 2. The summed E-state index contributed by atoms with van der Waals surface area (Å²) in [5.74, 6) is -6.44. The van der Waals surface area contributed by atoms with Gasteiger partial charge in [-0.05, 0) is 6.92 Å². The third-order valence-corrected chi connectivity index (χ3v) is 2.75. The van der Waals surface area contributed by atoms with Crippen LogP contribution in [-0.4, -0.2) is 94.1 Å². The molecule has 0 saturated carbocycles. The molecule has 168 valence electrons. The number of carbonyl (C=O) groups excluding carboxylic acids is 3. The zero-order valence-electron chi connectivity index (χ0n) is 14.9. The summed E-state index contributed by atoms with van der Waals surface area (Å²) in [6.07, 6.45) is -6.17. The average molecular weight is 434 g/mol. The van der Waals surface area contributed by atoms with Crippen molar-refractivity contribution >= 4 is 29.7 Å². The van der Waals surface area contributed by atoms with E-state index < -0.39 is 73.7 Å². The van der Waals surface area contributed by atoms with Gasteiger partial charge in [0.25, 0.3) is 0 Å². The lowest BCUT2D eigenvalue weighted by Gasteiger charge is -2.14. The molecular weight excluding hydrogens is 413 g/mol. The maximum Gasteiger partial charge on any atom is 0.490 e. The maximum absolute atomic E-state index is 11.4. The Balaban J connectivity index is 0. The van der Waals surface area contributed by atoms with Crippen molar-refractivity contribution in [2.75, 3.05) is 19.7 Å². The molecule has 0 spiro atoms. The standard InChI is InChI=1S/C11H20N4O7.C2HF3O2/c1-5(17)9(12)10(20)14-2-7(18)13-3-8(19)15-6(4-16)11(21)22;3-2(4,5)1(6)7/h5-6,9,16-17H,2-4,12H2,1H3,(H,13,18)(H,14,20)(H,15,19)(H,21,22);(H,6,7)/t5?,6-,9?;/m0./s1. The van der Waals surface area contributed by atoms with Gasteiger partial charge in [-0.15, -0.1) is 0 Å². The van der Waals surface area contributed by atoms with Crippen LogP contribution in [0.3, 0.4) is 0 Å². The average Bonchev–Trinajstić information content (AvgIpc) is 2.60. The van der Waals surface area contributed by atoms with Gasteiger partial charge in [0, 0.05) is 0 Å². The van der Waals surface area contributed by atoms with Crippen LogP contribution in [0.5, 0.6) is 0 Å². The Morgan fingerprint density at radius 1 is 1.00 bits per heavy atom.